The maximum atomic E-state index is 13.8. The molecule has 53 heavy (non-hydrogen) atoms. The van der Waals surface area contributed by atoms with Gasteiger partial charge in [-0.2, -0.15) is 0 Å². The molecule has 3 N–H and O–H groups in total. The lowest BCUT2D eigenvalue weighted by Crippen LogP contribution is -2.30. The maximum absolute atomic E-state index is 13.8. The number of aromatic nitrogens is 1. The van der Waals surface area contributed by atoms with Gasteiger partial charge in [0.05, 0.1) is 19.4 Å². The van der Waals surface area contributed by atoms with E-state index in [0.29, 0.717) is 34.3 Å². The zero-order chi connectivity index (χ0) is 37.0. The molecule has 0 saturated carbocycles. The van der Waals surface area contributed by atoms with Crippen LogP contribution >= 0.6 is 23.1 Å². The quantitative estimate of drug-likeness (QED) is 0.0753. The zero-order valence-electron chi connectivity index (χ0n) is 28.9. The van der Waals surface area contributed by atoms with Gasteiger partial charge in [-0.25, -0.2) is 4.98 Å². The zero-order valence-corrected chi connectivity index (χ0v) is 30.6. The topological polar surface area (TPSA) is 119 Å². The molecule has 1 atom stereocenters. The van der Waals surface area contributed by atoms with E-state index in [2.05, 4.69) is 20.9 Å². The second-order valence-corrected chi connectivity index (χ2v) is 13.5. The van der Waals surface area contributed by atoms with Crippen molar-refractivity contribution in [3.05, 3.63) is 161 Å². The average Bonchev–Trinajstić information content (AvgIpc) is 3.66. The molecule has 266 valence electrons. The molecule has 0 aliphatic carbocycles. The van der Waals surface area contributed by atoms with Gasteiger partial charge in [0.15, 0.2) is 5.13 Å². The third kappa shape index (κ3) is 9.79. The Morgan fingerprint density at radius 2 is 1.49 bits per heavy atom. The number of nitrogens with zero attached hydrogens (tertiary/aromatic N) is 1. The Hall–Kier alpha value is -6.17. The number of hydrogen-bond acceptors (Lipinski definition) is 8. The van der Waals surface area contributed by atoms with Gasteiger partial charge in [-0.05, 0) is 85.3 Å². The lowest BCUT2D eigenvalue weighted by Gasteiger charge is -2.17. The lowest BCUT2D eigenvalue weighted by molar-refractivity contribution is -0.116. The Bertz CT molecular complexity index is 2190. The number of benzene rings is 5. The van der Waals surface area contributed by atoms with E-state index in [0.717, 1.165) is 27.5 Å². The van der Waals surface area contributed by atoms with Gasteiger partial charge in [0.2, 0.25) is 5.91 Å². The summed E-state index contributed by atoms with van der Waals surface area (Å²) in [4.78, 5) is 45.9. The first-order valence-electron chi connectivity index (χ1n) is 16.7. The van der Waals surface area contributed by atoms with Crippen LogP contribution in [0, 0.1) is 0 Å². The molecule has 1 heterocycles. The van der Waals surface area contributed by atoms with Crippen molar-refractivity contribution < 1.29 is 23.9 Å². The van der Waals surface area contributed by atoms with Crippen molar-refractivity contribution in [1.82, 2.24) is 10.3 Å². The molecular weight excluding hydrogens is 705 g/mol. The first kappa shape index (κ1) is 36.6. The molecule has 0 saturated heterocycles. The van der Waals surface area contributed by atoms with Gasteiger partial charge in [-0.3, -0.25) is 14.4 Å². The molecule has 6 rings (SSSR count). The predicted molar refractivity (Wildman–Crippen MR) is 212 cm³/mol. The van der Waals surface area contributed by atoms with E-state index in [-0.39, 0.29) is 11.6 Å². The van der Waals surface area contributed by atoms with Crippen LogP contribution in [0.1, 0.15) is 33.7 Å². The number of carbonyl (C=O) groups excluding carboxylic acids is 3. The summed E-state index contributed by atoms with van der Waals surface area (Å²) >= 11 is 2.74. The molecule has 0 aliphatic rings. The van der Waals surface area contributed by atoms with Crippen molar-refractivity contribution in [3.8, 4) is 22.8 Å². The largest absolute Gasteiger partial charge is 0.496 e. The molecule has 0 bridgehead atoms. The number of hydrogen-bond donors (Lipinski definition) is 3. The molecular formula is C42H36N4O5S2. The predicted octanol–water partition coefficient (Wildman–Crippen LogP) is 9.10. The van der Waals surface area contributed by atoms with Gasteiger partial charge >= 0.3 is 0 Å². The van der Waals surface area contributed by atoms with E-state index >= 15 is 0 Å². The summed E-state index contributed by atoms with van der Waals surface area (Å²) < 4.78 is 11.0. The summed E-state index contributed by atoms with van der Waals surface area (Å²) in [6.45, 7) is 2.53. The van der Waals surface area contributed by atoms with Gasteiger partial charge in [-0.1, -0.05) is 66.7 Å². The Balaban J connectivity index is 1.16. The number of ether oxygens (including phenoxy) is 2. The van der Waals surface area contributed by atoms with E-state index < -0.39 is 17.1 Å². The highest BCUT2D eigenvalue weighted by molar-refractivity contribution is 8.00. The van der Waals surface area contributed by atoms with Crippen LogP contribution in [-0.4, -0.2) is 36.4 Å². The third-order valence-electron chi connectivity index (χ3n) is 7.87. The van der Waals surface area contributed by atoms with Crippen LogP contribution in [0.15, 0.2) is 149 Å². The van der Waals surface area contributed by atoms with E-state index in [1.807, 2.05) is 97.2 Å². The van der Waals surface area contributed by atoms with E-state index in [1.54, 1.807) is 61.7 Å². The summed E-state index contributed by atoms with van der Waals surface area (Å²) in [7, 11) is 1.54. The second-order valence-electron chi connectivity index (χ2n) is 11.5. The molecule has 0 fully saturated rings. The highest BCUT2D eigenvalue weighted by Gasteiger charge is 2.24. The van der Waals surface area contributed by atoms with Crippen LogP contribution in [0.2, 0.25) is 0 Å². The van der Waals surface area contributed by atoms with Crippen molar-refractivity contribution in [2.24, 2.45) is 0 Å². The molecule has 0 spiro atoms. The number of nitrogens with one attached hydrogen (secondary N) is 3. The summed E-state index contributed by atoms with van der Waals surface area (Å²) in [5, 5.41) is 10.5. The van der Waals surface area contributed by atoms with Crippen LogP contribution in [0.25, 0.3) is 17.3 Å². The van der Waals surface area contributed by atoms with Gasteiger partial charge in [-0.15, -0.1) is 23.1 Å². The standard InChI is InChI=1S/C42H36N4O5S2/c1-3-51-33-22-18-28(19-23-33)36-27-52-42(45-36)46-41(49)38(29-12-6-4-7-13-29)53-34-24-20-32(21-25-34)43-40(48)35(26-31-16-10-11-17-37(31)50-2)44-39(47)30-14-8-5-9-15-30/h4-27,38H,3H2,1-2H3,(H,43,48)(H,44,47)(H,45,46,49)/b35-26-. The van der Waals surface area contributed by atoms with Gasteiger partial charge < -0.3 is 25.4 Å². The number of thioether (sulfide) groups is 1. The minimum absolute atomic E-state index is 0.0375. The van der Waals surface area contributed by atoms with Crippen LogP contribution < -0.4 is 25.4 Å². The number of methoxy groups -OCH3 is 1. The van der Waals surface area contributed by atoms with Crippen LogP contribution in [0.5, 0.6) is 11.5 Å². The van der Waals surface area contributed by atoms with Gasteiger partial charge in [0.1, 0.15) is 22.4 Å². The number of carbonyl (C=O) groups is 3. The van der Waals surface area contributed by atoms with Crippen molar-refractivity contribution in [2.45, 2.75) is 17.1 Å². The SMILES string of the molecule is CCOc1ccc(-c2csc(NC(=O)C(Sc3ccc(NC(=O)/C(=C/c4ccccc4OC)NC(=O)c4ccccc4)cc3)c3ccccc3)n2)cc1. The molecule has 1 unspecified atom stereocenters. The average molecular weight is 741 g/mol. The molecule has 1 aromatic heterocycles. The first-order chi connectivity index (χ1) is 25.9. The van der Waals surface area contributed by atoms with Crippen molar-refractivity contribution in [3.63, 3.8) is 0 Å². The summed E-state index contributed by atoms with van der Waals surface area (Å²) in [6, 6.07) is 40.3. The molecule has 0 radical (unpaired) electrons. The Labute approximate surface area is 316 Å². The smallest absolute Gasteiger partial charge is 0.272 e. The fourth-order valence-corrected chi connectivity index (χ4v) is 7.01. The molecule has 0 aliphatic heterocycles. The lowest BCUT2D eigenvalue weighted by atomic mass is 10.1. The Morgan fingerprint density at radius 3 is 2.19 bits per heavy atom. The summed E-state index contributed by atoms with van der Waals surface area (Å²) in [5.74, 6) is 0.176. The van der Waals surface area contributed by atoms with Crippen molar-refractivity contribution in [2.75, 3.05) is 24.4 Å². The molecule has 3 amide bonds. The highest BCUT2D eigenvalue weighted by Crippen LogP contribution is 2.37. The number of anilines is 2. The maximum Gasteiger partial charge on any atom is 0.272 e. The normalized spacial score (nSPS) is 11.6. The van der Waals surface area contributed by atoms with E-state index in [4.69, 9.17) is 9.47 Å². The fourth-order valence-electron chi connectivity index (χ4n) is 5.26. The highest BCUT2D eigenvalue weighted by atomic mass is 32.2. The fraction of sp³-hybridized carbons (Fsp3) is 0.0952. The first-order valence-corrected chi connectivity index (χ1v) is 18.5. The second kappa shape index (κ2) is 17.9. The van der Waals surface area contributed by atoms with Crippen LogP contribution in [0.3, 0.4) is 0 Å². The number of amides is 3. The molecule has 11 heteroatoms. The molecule has 6 aromatic rings. The Morgan fingerprint density at radius 1 is 0.811 bits per heavy atom. The number of thiazole rings is 1. The minimum Gasteiger partial charge on any atom is -0.496 e. The van der Waals surface area contributed by atoms with Crippen molar-refractivity contribution >= 4 is 57.7 Å². The third-order valence-corrected chi connectivity index (χ3v) is 9.89. The van der Waals surface area contributed by atoms with Crippen molar-refractivity contribution in [1.29, 1.82) is 0 Å². The van der Waals surface area contributed by atoms with Gasteiger partial charge in [0.25, 0.3) is 11.8 Å². The Kier molecular flexibility index (Phi) is 12.3. The summed E-state index contributed by atoms with van der Waals surface area (Å²) in [6.07, 6.45) is 1.58. The summed E-state index contributed by atoms with van der Waals surface area (Å²) in [5.41, 5.74) is 4.09. The molecule has 5 aromatic carbocycles. The minimum atomic E-state index is -0.585. The number of para-hydroxylation sites is 1. The van der Waals surface area contributed by atoms with E-state index in [1.165, 1.54) is 23.1 Å². The monoisotopic (exact) mass is 740 g/mol. The molecule has 9 nitrogen and oxygen atoms in total. The van der Waals surface area contributed by atoms with Crippen LogP contribution in [-0.2, 0) is 9.59 Å². The van der Waals surface area contributed by atoms with E-state index in [9.17, 15) is 14.4 Å². The van der Waals surface area contributed by atoms with Gasteiger partial charge in [0, 0.05) is 32.7 Å². The number of rotatable bonds is 14. The van der Waals surface area contributed by atoms with Crippen LogP contribution in [0.4, 0.5) is 10.8 Å².